The van der Waals surface area contributed by atoms with Gasteiger partial charge in [-0.25, -0.2) is 0 Å². The van der Waals surface area contributed by atoms with Crippen LogP contribution in [0.5, 0.6) is 0 Å². The zero-order chi connectivity index (χ0) is 12.7. The van der Waals surface area contributed by atoms with Crippen molar-refractivity contribution in [2.75, 3.05) is 20.3 Å². The van der Waals surface area contributed by atoms with E-state index in [9.17, 15) is 9.59 Å². The minimum atomic E-state index is -0.103. The van der Waals surface area contributed by atoms with Crippen molar-refractivity contribution in [2.24, 2.45) is 5.92 Å². The zero-order valence-electron chi connectivity index (χ0n) is 10.5. The fourth-order valence-electron chi connectivity index (χ4n) is 2.13. The Kier molecular flexibility index (Phi) is 5.97. The van der Waals surface area contributed by atoms with Gasteiger partial charge in [0.25, 0.3) is 0 Å². The van der Waals surface area contributed by atoms with Crippen LogP contribution in [0.2, 0.25) is 0 Å². The van der Waals surface area contributed by atoms with Gasteiger partial charge in [-0.1, -0.05) is 0 Å². The van der Waals surface area contributed by atoms with E-state index in [1.807, 2.05) is 6.92 Å². The van der Waals surface area contributed by atoms with Crippen molar-refractivity contribution < 1.29 is 19.1 Å². The van der Waals surface area contributed by atoms with Crippen LogP contribution in [0.3, 0.4) is 0 Å². The number of carbonyl (C=O) groups excluding carboxylic acids is 2. The molecular weight excluding hydrogens is 222 g/mol. The summed E-state index contributed by atoms with van der Waals surface area (Å²) in [6.45, 7) is 2.34. The summed E-state index contributed by atoms with van der Waals surface area (Å²) in [6, 6.07) is 0.170. The molecule has 5 nitrogen and oxygen atoms in total. The van der Waals surface area contributed by atoms with Gasteiger partial charge in [-0.15, -0.1) is 0 Å². The van der Waals surface area contributed by atoms with Crippen molar-refractivity contribution in [2.45, 2.75) is 38.6 Å². The zero-order valence-corrected chi connectivity index (χ0v) is 10.5. The molecule has 0 unspecified atom stereocenters. The molecular formula is C12H21NO4. The van der Waals surface area contributed by atoms with Crippen LogP contribution >= 0.6 is 0 Å². The molecule has 1 amide bonds. The van der Waals surface area contributed by atoms with E-state index in [1.54, 1.807) is 0 Å². The lowest BCUT2D eigenvalue weighted by molar-refractivity contribution is -0.149. The van der Waals surface area contributed by atoms with Crippen molar-refractivity contribution in [3.8, 4) is 0 Å². The molecule has 0 radical (unpaired) electrons. The SMILES string of the molecule is CCOC(=O)C1CCC(NC(=O)COC)CC1. The monoisotopic (exact) mass is 243 g/mol. The largest absolute Gasteiger partial charge is 0.466 e. The Bertz CT molecular complexity index is 259. The number of methoxy groups -OCH3 is 1. The molecule has 0 saturated heterocycles. The van der Waals surface area contributed by atoms with Crippen molar-refractivity contribution in [1.29, 1.82) is 0 Å². The molecule has 0 bridgehead atoms. The lowest BCUT2D eigenvalue weighted by Crippen LogP contribution is -2.40. The number of rotatable bonds is 5. The maximum Gasteiger partial charge on any atom is 0.308 e. The Morgan fingerprint density at radius 3 is 2.41 bits per heavy atom. The van der Waals surface area contributed by atoms with E-state index in [0.29, 0.717) is 6.61 Å². The van der Waals surface area contributed by atoms with Crippen molar-refractivity contribution in [3.05, 3.63) is 0 Å². The second-order valence-electron chi connectivity index (χ2n) is 4.30. The lowest BCUT2D eigenvalue weighted by Gasteiger charge is -2.27. The minimum Gasteiger partial charge on any atom is -0.466 e. The predicted octanol–water partition coefficient (Wildman–Crippen LogP) is 0.871. The molecule has 1 saturated carbocycles. The Morgan fingerprint density at radius 1 is 1.24 bits per heavy atom. The van der Waals surface area contributed by atoms with Crippen LogP contribution in [-0.4, -0.2) is 38.2 Å². The van der Waals surface area contributed by atoms with Gasteiger partial charge in [0.1, 0.15) is 6.61 Å². The summed E-state index contributed by atoms with van der Waals surface area (Å²) >= 11 is 0. The molecule has 0 aromatic rings. The van der Waals surface area contributed by atoms with Crippen LogP contribution in [0.25, 0.3) is 0 Å². The van der Waals surface area contributed by atoms with Crippen molar-refractivity contribution in [1.82, 2.24) is 5.32 Å². The van der Waals surface area contributed by atoms with Gasteiger partial charge >= 0.3 is 5.97 Å². The molecule has 17 heavy (non-hydrogen) atoms. The highest BCUT2D eigenvalue weighted by Crippen LogP contribution is 2.25. The molecule has 0 aromatic carbocycles. The van der Waals surface area contributed by atoms with Crippen LogP contribution in [0.15, 0.2) is 0 Å². The van der Waals surface area contributed by atoms with Gasteiger partial charge < -0.3 is 14.8 Å². The quantitative estimate of drug-likeness (QED) is 0.728. The van der Waals surface area contributed by atoms with Crippen molar-refractivity contribution in [3.63, 3.8) is 0 Å². The number of amides is 1. The normalized spacial score (nSPS) is 24.1. The third-order valence-corrected chi connectivity index (χ3v) is 2.99. The van der Waals surface area contributed by atoms with Gasteiger partial charge in [0.05, 0.1) is 12.5 Å². The molecule has 1 rings (SSSR count). The smallest absolute Gasteiger partial charge is 0.308 e. The van der Waals surface area contributed by atoms with E-state index in [-0.39, 0.29) is 30.4 Å². The molecule has 1 aliphatic carbocycles. The van der Waals surface area contributed by atoms with Gasteiger partial charge in [0.2, 0.25) is 5.91 Å². The first-order valence-corrected chi connectivity index (χ1v) is 6.12. The highest BCUT2D eigenvalue weighted by molar-refractivity contribution is 5.77. The van der Waals surface area contributed by atoms with Crippen LogP contribution in [0.1, 0.15) is 32.6 Å². The average molecular weight is 243 g/mol. The standard InChI is InChI=1S/C12H21NO4/c1-3-17-12(15)9-4-6-10(7-5-9)13-11(14)8-16-2/h9-10H,3-8H2,1-2H3,(H,13,14). The molecule has 0 spiro atoms. The van der Waals surface area contributed by atoms with Gasteiger partial charge in [0.15, 0.2) is 0 Å². The number of hydrogen-bond donors (Lipinski definition) is 1. The maximum absolute atomic E-state index is 11.5. The number of ether oxygens (including phenoxy) is 2. The molecule has 5 heteroatoms. The highest BCUT2D eigenvalue weighted by Gasteiger charge is 2.27. The predicted molar refractivity (Wildman–Crippen MR) is 62.4 cm³/mol. The van der Waals surface area contributed by atoms with Gasteiger partial charge in [0, 0.05) is 13.2 Å². The second-order valence-corrected chi connectivity index (χ2v) is 4.30. The molecule has 0 aliphatic heterocycles. The molecule has 0 aromatic heterocycles. The fourth-order valence-corrected chi connectivity index (χ4v) is 2.13. The number of nitrogens with one attached hydrogen (secondary N) is 1. The Hall–Kier alpha value is -1.10. The Morgan fingerprint density at radius 2 is 1.88 bits per heavy atom. The van der Waals surface area contributed by atoms with Gasteiger partial charge in [-0.3, -0.25) is 9.59 Å². The molecule has 1 aliphatic rings. The number of esters is 1. The summed E-state index contributed by atoms with van der Waals surface area (Å²) in [5.41, 5.74) is 0. The average Bonchev–Trinajstić information content (AvgIpc) is 2.30. The van der Waals surface area contributed by atoms with Gasteiger partial charge in [-0.05, 0) is 32.6 Å². The van der Waals surface area contributed by atoms with E-state index in [1.165, 1.54) is 7.11 Å². The third-order valence-electron chi connectivity index (χ3n) is 2.99. The number of carbonyl (C=O) groups is 2. The fraction of sp³-hybridized carbons (Fsp3) is 0.833. The van der Waals surface area contributed by atoms with Crippen LogP contribution < -0.4 is 5.32 Å². The maximum atomic E-state index is 11.5. The third kappa shape index (κ3) is 4.73. The van der Waals surface area contributed by atoms with E-state index in [4.69, 9.17) is 9.47 Å². The summed E-state index contributed by atoms with van der Waals surface area (Å²) < 4.78 is 9.74. The summed E-state index contributed by atoms with van der Waals surface area (Å²) in [7, 11) is 1.50. The molecule has 1 N–H and O–H groups in total. The first-order valence-electron chi connectivity index (χ1n) is 6.12. The van der Waals surface area contributed by atoms with Crippen LogP contribution in [-0.2, 0) is 19.1 Å². The van der Waals surface area contributed by atoms with Gasteiger partial charge in [-0.2, -0.15) is 0 Å². The minimum absolute atomic E-state index is 0.00512. The lowest BCUT2D eigenvalue weighted by atomic mass is 9.86. The highest BCUT2D eigenvalue weighted by atomic mass is 16.5. The summed E-state index contributed by atoms with van der Waals surface area (Å²) in [4.78, 5) is 22.8. The van der Waals surface area contributed by atoms with E-state index < -0.39 is 0 Å². The molecule has 1 fully saturated rings. The van der Waals surface area contributed by atoms with E-state index in [0.717, 1.165) is 25.7 Å². The van der Waals surface area contributed by atoms with E-state index in [2.05, 4.69) is 5.32 Å². The summed E-state index contributed by atoms with van der Waals surface area (Å²) in [5, 5.41) is 2.90. The molecule has 0 heterocycles. The topological polar surface area (TPSA) is 64.6 Å². The Balaban J connectivity index is 2.26. The van der Waals surface area contributed by atoms with E-state index >= 15 is 0 Å². The first-order chi connectivity index (χ1) is 8.17. The van der Waals surface area contributed by atoms with Crippen molar-refractivity contribution >= 4 is 11.9 Å². The Labute approximate surface area is 102 Å². The summed E-state index contributed by atoms with van der Waals surface area (Å²) in [5.74, 6) is -0.188. The first kappa shape index (κ1) is 14.0. The number of hydrogen-bond acceptors (Lipinski definition) is 4. The summed E-state index contributed by atoms with van der Waals surface area (Å²) in [6.07, 6.45) is 3.24. The molecule has 98 valence electrons. The van der Waals surface area contributed by atoms with Crippen LogP contribution in [0, 0.1) is 5.92 Å². The second kappa shape index (κ2) is 7.27. The molecule has 0 atom stereocenters. The van der Waals surface area contributed by atoms with Crippen LogP contribution in [0.4, 0.5) is 0 Å².